The summed E-state index contributed by atoms with van der Waals surface area (Å²) in [6.07, 6.45) is 1.82. The number of halogens is 1. The van der Waals surface area contributed by atoms with E-state index >= 15 is 0 Å². The Bertz CT molecular complexity index is 468. The van der Waals surface area contributed by atoms with Crippen molar-refractivity contribution in [2.24, 2.45) is 0 Å². The minimum absolute atomic E-state index is 0.180. The SMILES string of the molecule is Cc1cccc(NC(C)c2nccs2)c1Cl. The van der Waals surface area contributed by atoms with Gasteiger partial charge in [-0.2, -0.15) is 0 Å². The molecule has 16 heavy (non-hydrogen) atoms. The normalized spacial score (nSPS) is 12.4. The molecule has 1 aromatic heterocycles. The quantitative estimate of drug-likeness (QED) is 0.882. The molecule has 4 heteroatoms. The molecule has 0 amide bonds. The molecule has 0 spiro atoms. The van der Waals surface area contributed by atoms with E-state index in [4.69, 9.17) is 11.6 Å². The first-order valence-electron chi connectivity index (χ1n) is 5.09. The van der Waals surface area contributed by atoms with Crippen LogP contribution in [-0.4, -0.2) is 4.98 Å². The second-order valence-corrected chi connectivity index (χ2v) is 4.98. The molecular formula is C12H13ClN2S. The number of nitrogens with zero attached hydrogens (tertiary/aromatic N) is 1. The molecule has 1 atom stereocenters. The molecule has 1 unspecified atom stereocenters. The van der Waals surface area contributed by atoms with Crippen molar-refractivity contribution in [1.82, 2.24) is 4.98 Å². The van der Waals surface area contributed by atoms with Gasteiger partial charge in [0.25, 0.3) is 0 Å². The lowest BCUT2D eigenvalue weighted by atomic mass is 10.2. The van der Waals surface area contributed by atoms with Gasteiger partial charge >= 0.3 is 0 Å². The number of nitrogens with one attached hydrogen (secondary N) is 1. The molecule has 0 radical (unpaired) electrons. The number of benzene rings is 1. The third kappa shape index (κ3) is 2.36. The molecule has 1 heterocycles. The molecule has 84 valence electrons. The van der Waals surface area contributed by atoms with E-state index in [9.17, 15) is 0 Å². The van der Waals surface area contributed by atoms with Crippen LogP contribution in [0.15, 0.2) is 29.8 Å². The van der Waals surface area contributed by atoms with E-state index in [0.29, 0.717) is 0 Å². The van der Waals surface area contributed by atoms with Crippen LogP contribution in [0.4, 0.5) is 5.69 Å². The average molecular weight is 253 g/mol. The van der Waals surface area contributed by atoms with Gasteiger partial charge < -0.3 is 5.32 Å². The Balaban J connectivity index is 2.18. The van der Waals surface area contributed by atoms with Crippen LogP contribution in [0.25, 0.3) is 0 Å². The zero-order chi connectivity index (χ0) is 11.5. The van der Waals surface area contributed by atoms with Gasteiger partial charge in [0.15, 0.2) is 0 Å². The van der Waals surface area contributed by atoms with Crippen molar-refractivity contribution in [3.8, 4) is 0 Å². The van der Waals surface area contributed by atoms with Crippen molar-refractivity contribution in [3.05, 3.63) is 45.4 Å². The maximum absolute atomic E-state index is 6.22. The average Bonchev–Trinajstić information content (AvgIpc) is 2.78. The van der Waals surface area contributed by atoms with Crippen molar-refractivity contribution in [3.63, 3.8) is 0 Å². The van der Waals surface area contributed by atoms with Crippen LogP contribution in [0.1, 0.15) is 23.5 Å². The summed E-state index contributed by atoms with van der Waals surface area (Å²) in [7, 11) is 0. The minimum atomic E-state index is 0.180. The topological polar surface area (TPSA) is 24.9 Å². The first-order chi connectivity index (χ1) is 7.68. The summed E-state index contributed by atoms with van der Waals surface area (Å²) in [6.45, 7) is 4.08. The third-order valence-electron chi connectivity index (χ3n) is 2.39. The number of hydrogen-bond acceptors (Lipinski definition) is 3. The molecule has 0 fully saturated rings. The highest BCUT2D eigenvalue weighted by Gasteiger charge is 2.10. The molecule has 2 nitrogen and oxygen atoms in total. The fourth-order valence-corrected chi connectivity index (χ4v) is 2.33. The van der Waals surface area contributed by atoms with Gasteiger partial charge in [-0.1, -0.05) is 23.7 Å². The third-order valence-corrected chi connectivity index (χ3v) is 3.85. The maximum Gasteiger partial charge on any atom is 0.115 e. The van der Waals surface area contributed by atoms with Gasteiger partial charge in [-0.25, -0.2) is 4.98 Å². The molecule has 2 rings (SSSR count). The van der Waals surface area contributed by atoms with Gasteiger partial charge in [0.05, 0.1) is 16.8 Å². The highest BCUT2D eigenvalue weighted by Crippen LogP contribution is 2.29. The fraction of sp³-hybridized carbons (Fsp3) is 0.250. The lowest BCUT2D eigenvalue weighted by Gasteiger charge is -2.14. The Kier molecular flexibility index (Phi) is 3.46. The second kappa shape index (κ2) is 4.85. The fourth-order valence-electron chi connectivity index (χ4n) is 1.50. The molecule has 2 aromatic rings. The molecule has 1 aromatic carbocycles. The Morgan fingerprint density at radius 3 is 2.94 bits per heavy atom. The summed E-state index contributed by atoms with van der Waals surface area (Å²) in [5.41, 5.74) is 2.04. The largest absolute Gasteiger partial charge is 0.375 e. The van der Waals surface area contributed by atoms with Crippen LogP contribution < -0.4 is 5.32 Å². The monoisotopic (exact) mass is 252 g/mol. The Morgan fingerprint density at radius 2 is 2.25 bits per heavy atom. The van der Waals surface area contributed by atoms with Crippen LogP contribution >= 0.6 is 22.9 Å². The number of rotatable bonds is 3. The van der Waals surface area contributed by atoms with Crippen molar-refractivity contribution >= 4 is 28.6 Å². The predicted molar refractivity (Wildman–Crippen MR) is 70.3 cm³/mol. The van der Waals surface area contributed by atoms with Gasteiger partial charge in [0.2, 0.25) is 0 Å². The number of thiazole rings is 1. The molecule has 0 bridgehead atoms. The zero-order valence-corrected chi connectivity index (χ0v) is 10.8. The maximum atomic E-state index is 6.22. The van der Waals surface area contributed by atoms with Gasteiger partial charge in [-0.15, -0.1) is 11.3 Å². The summed E-state index contributed by atoms with van der Waals surface area (Å²) >= 11 is 7.86. The van der Waals surface area contributed by atoms with E-state index in [1.807, 2.05) is 36.7 Å². The van der Waals surface area contributed by atoms with Crippen LogP contribution in [0, 0.1) is 6.92 Å². The summed E-state index contributed by atoms with van der Waals surface area (Å²) in [4.78, 5) is 4.28. The van der Waals surface area contributed by atoms with Crippen molar-refractivity contribution in [2.45, 2.75) is 19.9 Å². The van der Waals surface area contributed by atoms with Crippen LogP contribution in [-0.2, 0) is 0 Å². The number of aryl methyl sites for hydroxylation is 1. The van der Waals surface area contributed by atoms with Crippen LogP contribution in [0.5, 0.6) is 0 Å². The number of aromatic nitrogens is 1. The Morgan fingerprint density at radius 1 is 1.44 bits per heavy atom. The van der Waals surface area contributed by atoms with Gasteiger partial charge in [-0.05, 0) is 25.5 Å². The lowest BCUT2D eigenvalue weighted by molar-refractivity contribution is 0.869. The van der Waals surface area contributed by atoms with Gasteiger partial charge in [0, 0.05) is 11.6 Å². The zero-order valence-electron chi connectivity index (χ0n) is 9.20. The molecule has 0 aliphatic carbocycles. The summed E-state index contributed by atoms with van der Waals surface area (Å²) in [5.74, 6) is 0. The van der Waals surface area contributed by atoms with Crippen LogP contribution in [0.2, 0.25) is 5.02 Å². The smallest absolute Gasteiger partial charge is 0.115 e. The van der Waals surface area contributed by atoms with Crippen molar-refractivity contribution < 1.29 is 0 Å². The van der Waals surface area contributed by atoms with E-state index < -0.39 is 0 Å². The number of hydrogen-bond donors (Lipinski definition) is 1. The van der Waals surface area contributed by atoms with Gasteiger partial charge in [-0.3, -0.25) is 0 Å². The molecule has 0 saturated carbocycles. The van der Waals surface area contributed by atoms with E-state index in [1.54, 1.807) is 11.3 Å². The highest BCUT2D eigenvalue weighted by atomic mass is 35.5. The molecule has 0 aliphatic rings. The Labute approximate surface area is 104 Å². The van der Waals surface area contributed by atoms with Crippen molar-refractivity contribution in [2.75, 3.05) is 5.32 Å². The highest BCUT2D eigenvalue weighted by molar-refractivity contribution is 7.09. The van der Waals surface area contributed by atoms with E-state index in [1.165, 1.54) is 0 Å². The molecule has 0 saturated heterocycles. The Hall–Kier alpha value is -1.06. The summed E-state index contributed by atoms with van der Waals surface area (Å²) < 4.78 is 0. The van der Waals surface area contributed by atoms with Gasteiger partial charge in [0.1, 0.15) is 5.01 Å². The first kappa shape index (κ1) is 11.4. The first-order valence-corrected chi connectivity index (χ1v) is 6.35. The van der Waals surface area contributed by atoms with E-state index in [2.05, 4.69) is 17.2 Å². The molecule has 0 aliphatic heterocycles. The number of anilines is 1. The minimum Gasteiger partial charge on any atom is -0.375 e. The lowest BCUT2D eigenvalue weighted by Crippen LogP contribution is -2.06. The van der Waals surface area contributed by atoms with E-state index in [-0.39, 0.29) is 6.04 Å². The predicted octanol–water partition coefficient (Wildman–Crippen LogP) is 4.28. The standard InChI is InChI=1S/C12H13ClN2S/c1-8-4-3-5-10(11(8)13)15-9(2)12-14-6-7-16-12/h3-7,9,15H,1-2H3. The second-order valence-electron chi connectivity index (χ2n) is 3.67. The summed E-state index contributed by atoms with van der Waals surface area (Å²) in [5, 5.41) is 7.20. The van der Waals surface area contributed by atoms with E-state index in [0.717, 1.165) is 21.3 Å². The molecular weight excluding hydrogens is 240 g/mol. The summed E-state index contributed by atoms with van der Waals surface area (Å²) in [6, 6.07) is 6.17. The van der Waals surface area contributed by atoms with Crippen molar-refractivity contribution in [1.29, 1.82) is 0 Å². The van der Waals surface area contributed by atoms with Crippen LogP contribution in [0.3, 0.4) is 0 Å². The molecule has 1 N–H and O–H groups in total.